The maximum atomic E-state index is 11.6. The highest BCUT2D eigenvalue weighted by atomic mass is 16.5. The van der Waals surface area contributed by atoms with Crippen LogP contribution in [0, 0.1) is 0 Å². The summed E-state index contributed by atoms with van der Waals surface area (Å²) >= 11 is 0. The van der Waals surface area contributed by atoms with Crippen molar-refractivity contribution in [3.05, 3.63) is 53.9 Å². The van der Waals surface area contributed by atoms with Crippen molar-refractivity contribution in [2.45, 2.75) is 0 Å². The first kappa shape index (κ1) is 12.0. The van der Waals surface area contributed by atoms with Crippen LogP contribution in [0.5, 0.6) is 0 Å². The van der Waals surface area contributed by atoms with E-state index in [0.29, 0.717) is 16.7 Å². The van der Waals surface area contributed by atoms with Crippen LogP contribution in [0.3, 0.4) is 0 Å². The Morgan fingerprint density at radius 2 is 2.17 bits per heavy atom. The third-order valence-corrected chi connectivity index (χ3v) is 2.56. The average Bonchev–Trinajstić information content (AvgIpc) is 2.46. The van der Waals surface area contributed by atoms with Gasteiger partial charge in [-0.1, -0.05) is 18.2 Å². The van der Waals surface area contributed by atoms with Crippen molar-refractivity contribution < 1.29 is 14.3 Å². The molecule has 0 fully saturated rings. The van der Waals surface area contributed by atoms with E-state index in [4.69, 9.17) is 4.74 Å². The summed E-state index contributed by atoms with van der Waals surface area (Å²) in [6.07, 6.45) is 3.87. The largest absolute Gasteiger partial charge is 0.465 e. The molecule has 0 saturated heterocycles. The van der Waals surface area contributed by atoms with Crippen molar-refractivity contribution in [2.75, 3.05) is 7.11 Å². The molecule has 0 N–H and O–H groups in total. The molecule has 0 spiro atoms. The fraction of sp³-hybridized carbons (Fsp3) is 0.0714. The molecule has 0 radical (unpaired) electrons. The number of carbonyl (C=O) groups excluding carboxylic acids is 2. The molecule has 0 saturated carbocycles. The van der Waals surface area contributed by atoms with E-state index in [2.05, 4.69) is 4.98 Å². The van der Waals surface area contributed by atoms with Crippen LogP contribution in [-0.2, 0) is 4.74 Å². The number of carbonyl (C=O) groups is 2. The summed E-state index contributed by atoms with van der Waals surface area (Å²) in [7, 11) is 1.33. The number of nitrogens with zero attached hydrogens (tertiary/aromatic N) is 1. The minimum Gasteiger partial charge on any atom is -0.465 e. The Morgan fingerprint density at radius 3 is 2.89 bits per heavy atom. The van der Waals surface area contributed by atoms with E-state index in [-0.39, 0.29) is 0 Å². The molecule has 1 aromatic heterocycles. The van der Waals surface area contributed by atoms with Crippen LogP contribution in [0.4, 0.5) is 0 Å². The molecule has 18 heavy (non-hydrogen) atoms. The molecule has 0 aliphatic heterocycles. The molecule has 4 nitrogen and oxygen atoms in total. The highest BCUT2D eigenvalue weighted by molar-refractivity contribution is 5.97. The number of aldehydes is 1. The molecule has 0 atom stereocenters. The van der Waals surface area contributed by atoms with Gasteiger partial charge >= 0.3 is 5.97 Å². The zero-order valence-corrected chi connectivity index (χ0v) is 9.79. The Labute approximate surface area is 104 Å². The van der Waals surface area contributed by atoms with Crippen molar-refractivity contribution >= 4 is 12.3 Å². The minimum atomic E-state index is -0.427. The minimum absolute atomic E-state index is 0.426. The summed E-state index contributed by atoms with van der Waals surface area (Å²) in [6.45, 7) is 0. The lowest BCUT2D eigenvalue weighted by molar-refractivity contribution is 0.0601. The molecule has 0 amide bonds. The van der Waals surface area contributed by atoms with Crippen LogP contribution in [0.2, 0.25) is 0 Å². The number of benzene rings is 1. The average molecular weight is 241 g/mol. The summed E-state index contributed by atoms with van der Waals surface area (Å²) in [6, 6.07) is 8.57. The quantitative estimate of drug-likeness (QED) is 0.611. The maximum Gasteiger partial charge on any atom is 0.338 e. The van der Waals surface area contributed by atoms with Gasteiger partial charge < -0.3 is 4.74 Å². The lowest BCUT2D eigenvalue weighted by Gasteiger charge is -2.07. The van der Waals surface area contributed by atoms with Gasteiger partial charge in [-0.05, 0) is 17.7 Å². The predicted molar refractivity (Wildman–Crippen MR) is 66.4 cm³/mol. The fourth-order valence-corrected chi connectivity index (χ4v) is 1.69. The van der Waals surface area contributed by atoms with E-state index in [0.717, 1.165) is 11.8 Å². The van der Waals surface area contributed by atoms with Crippen molar-refractivity contribution in [1.82, 2.24) is 4.98 Å². The Balaban J connectivity index is 2.56. The highest BCUT2D eigenvalue weighted by Crippen LogP contribution is 2.23. The SMILES string of the molecule is COC(=O)c1ccncc1-c1cccc(C=O)c1. The van der Waals surface area contributed by atoms with Crippen molar-refractivity contribution in [2.24, 2.45) is 0 Å². The van der Waals surface area contributed by atoms with Gasteiger partial charge in [0.1, 0.15) is 6.29 Å². The highest BCUT2D eigenvalue weighted by Gasteiger charge is 2.13. The molecule has 0 bridgehead atoms. The lowest BCUT2D eigenvalue weighted by atomic mass is 10.0. The van der Waals surface area contributed by atoms with E-state index in [1.54, 1.807) is 30.5 Å². The number of esters is 1. The van der Waals surface area contributed by atoms with Gasteiger partial charge in [0.2, 0.25) is 0 Å². The smallest absolute Gasteiger partial charge is 0.338 e. The van der Waals surface area contributed by atoms with Crippen molar-refractivity contribution in [1.29, 1.82) is 0 Å². The van der Waals surface area contributed by atoms with Gasteiger partial charge in [0.05, 0.1) is 12.7 Å². The van der Waals surface area contributed by atoms with Crippen molar-refractivity contribution in [3.63, 3.8) is 0 Å². The molecule has 0 aliphatic rings. The van der Waals surface area contributed by atoms with Gasteiger partial charge in [-0.3, -0.25) is 9.78 Å². The normalized spacial score (nSPS) is 9.83. The molecule has 2 aromatic rings. The van der Waals surface area contributed by atoms with Crippen LogP contribution in [-0.4, -0.2) is 24.3 Å². The Kier molecular flexibility index (Phi) is 3.48. The number of rotatable bonds is 3. The van der Waals surface area contributed by atoms with Gasteiger partial charge in [-0.2, -0.15) is 0 Å². The zero-order chi connectivity index (χ0) is 13.0. The van der Waals surface area contributed by atoms with Crippen LogP contribution < -0.4 is 0 Å². The van der Waals surface area contributed by atoms with Crippen molar-refractivity contribution in [3.8, 4) is 11.1 Å². The van der Waals surface area contributed by atoms with Gasteiger partial charge in [0.25, 0.3) is 0 Å². The fourth-order valence-electron chi connectivity index (χ4n) is 1.69. The van der Waals surface area contributed by atoms with Gasteiger partial charge in [0, 0.05) is 23.5 Å². The second-order valence-corrected chi connectivity index (χ2v) is 3.66. The summed E-state index contributed by atoms with van der Waals surface area (Å²) in [5, 5.41) is 0. The Bertz CT molecular complexity index is 593. The molecule has 4 heteroatoms. The molecule has 90 valence electrons. The van der Waals surface area contributed by atoms with E-state index in [1.807, 2.05) is 6.07 Å². The van der Waals surface area contributed by atoms with Crippen LogP contribution in [0.25, 0.3) is 11.1 Å². The third-order valence-electron chi connectivity index (χ3n) is 2.56. The standard InChI is InChI=1S/C14H11NO3/c1-18-14(17)12-5-6-15-8-13(12)11-4-2-3-10(7-11)9-16/h2-9H,1H3. The van der Waals surface area contributed by atoms with E-state index in [9.17, 15) is 9.59 Å². The predicted octanol–water partition coefficient (Wildman–Crippen LogP) is 2.35. The third kappa shape index (κ3) is 2.27. The van der Waals surface area contributed by atoms with Crippen LogP contribution in [0.1, 0.15) is 20.7 Å². The van der Waals surface area contributed by atoms with Gasteiger partial charge in [0.15, 0.2) is 0 Å². The number of hydrogen-bond acceptors (Lipinski definition) is 4. The topological polar surface area (TPSA) is 56.3 Å². The number of hydrogen-bond donors (Lipinski definition) is 0. The first-order valence-electron chi connectivity index (χ1n) is 5.34. The second-order valence-electron chi connectivity index (χ2n) is 3.66. The zero-order valence-electron chi connectivity index (χ0n) is 9.79. The van der Waals surface area contributed by atoms with Crippen LogP contribution in [0.15, 0.2) is 42.7 Å². The summed E-state index contributed by atoms with van der Waals surface area (Å²) in [5.41, 5.74) is 2.38. The Hall–Kier alpha value is -2.49. The monoisotopic (exact) mass is 241 g/mol. The first-order valence-corrected chi connectivity index (χ1v) is 5.34. The number of aromatic nitrogens is 1. The molecule has 2 rings (SSSR count). The number of methoxy groups -OCH3 is 1. The molecule has 1 aromatic carbocycles. The molecular formula is C14H11NO3. The van der Waals surface area contributed by atoms with E-state index < -0.39 is 5.97 Å². The van der Waals surface area contributed by atoms with Crippen LogP contribution >= 0.6 is 0 Å². The molecule has 1 heterocycles. The Morgan fingerprint density at radius 1 is 1.33 bits per heavy atom. The maximum absolute atomic E-state index is 11.6. The lowest BCUT2D eigenvalue weighted by Crippen LogP contribution is -2.03. The molecule has 0 aliphatic carbocycles. The summed E-state index contributed by atoms with van der Waals surface area (Å²) < 4.78 is 4.72. The first-order chi connectivity index (χ1) is 8.76. The van der Waals surface area contributed by atoms with E-state index in [1.165, 1.54) is 13.3 Å². The molecular weight excluding hydrogens is 230 g/mol. The van der Waals surface area contributed by atoms with Gasteiger partial charge in [-0.25, -0.2) is 4.79 Å². The second kappa shape index (κ2) is 5.23. The summed E-state index contributed by atoms with van der Waals surface area (Å²) in [4.78, 5) is 26.4. The number of pyridine rings is 1. The molecule has 0 unspecified atom stereocenters. The van der Waals surface area contributed by atoms with Gasteiger partial charge in [-0.15, -0.1) is 0 Å². The van der Waals surface area contributed by atoms with E-state index >= 15 is 0 Å². The summed E-state index contributed by atoms with van der Waals surface area (Å²) in [5.74, 6) is -0.427. The number of ether oxygens (including phenoxy) is 1.